The highest BCUT2D eigenvalue weighted by atomic mass is 32.1. The monoisotopic (exact) mass is 444 g/mol. The van der Waals surface area contributed by atoms with Gasteiger partial charge in [0.05, 0.1) is 15.9 Å². The van der Waals surface area contributed by atoms with Crippen molar-refractivity contribution in [1.29, 1.82) is 0 Å². The Morgan fingerprint density at radius 1 is 1.16 bits per heavy atom. The normalized spacial score (nSPS) is 21.7. The lowest BCUT2D eigenvalue weighted by atomic mass is 10.1. The van der Waals surface area contributed by atoms with Crippen molar-refractivity contribution in [3.63, 3.8) is 0 Å². The second-order valence-electron chi connectivity index (χ2n) is 8.83. The topological polar surface area (TPSA) is 71.3 Å². The Bertz CT molecular complexity index is 1280. The maximum absolute atomic E-state index is 13.7. The SMILES string of the molecule is Cc1ccc(-c2sc(C)nc2C(=O)N2CC3CC3C2CNc2nc3ccccc3o2)cc1. The third-order valence-corrected chi connectivity index (χ3v) is 7.59. The molecule has 0 radical (unpaired) electrons. The molecule has 1 aliphatic carbocycles. The zero-order chi connectivity index (χ0) is 21.8. The van der Waals surface area contributed by atoms with Gasteiger partial charge >= 0.3 is 0 Å². The Morgan fingerprint density at radius 3 is 2.78 bits per heavy atom. The van der Waals surface area contributed by atoms with Crippen LogP contribution < -0.4 is 5.32 Å². The highest BCUT2D eigenvalue weighted by Crippen LogP contribution is 2.50. The number of carbonyl (C=O) groups excluding carboxylic acids is 1. The zero-order valence-electron chi connectivity index (χ0n) is 18.0. The van der Waals surface area contributed by atoms with Crippen LogP contribution in [0.5, 0.6) is 0 Å². The molecule has 0 spiro atoms. The fraction of sp³-hybridized carbons (Fsp3) is 0.320. The molecule has 162 valence electrons. The lowest BCUT2D eigenvalue weighted by molar-refractivity contribution is 0.0710. The largest absolute Gasteiger partial charge is 0.424 e. The Labute approximate surface area is 190 Å². The van der Waals surface area contributed by atoms with Gasteiger partial charge < -0.3 is 14.6 Å². The molecule has 2 aromatic heterocycles. The number of piperidine rings is 1. The molecule has 1 saturated carbocycles. The van der Waals surface area contributed by atoms with E-state index in [1.807, 2.05) is 36.1 Å². The van der Waals surface area contributed by atoms with E-state index < -0.39 is 0 Å². The number of thiazole rings is 1. The lowest BCUT2D eigenvalue weighted by Gasteiger charge is -2.27. The van der Waals surface area contributed by atoms with Crippen molar-refractivity contribution in [3.05, 3.63) is 64.8 Å². The third kappa shape index (κ3) is 3.37. The van der Waals surface area contributed by atoms with E-state index in [-0.39, 0.29) is 11.9 Å². The number of amides is 1. The Kier molecular flexibility index (Phi) is 4.54. The van der Waals surface area contributed by atoms with Gasteiger partial charge in [0.25, 0.3) is 11.9 Å². The van der Waals surface area contributed by atoms with Crippen LogP contribution in [0.25, 0.3) is 21.5 Å². The van der Waals surface area contributed by atoms with Crippen molar-refractivity contribution < 1.29 is 9.21 Å². The van der Waals surface area contributed by atoms with Crippen LogP contribution in [0.4, 0.5) is 6.01 Å². The first-order valence-electron chi connectivity index (χ1n) is 11.0. The molecule has 1 saturated heterocycles. The highest BCUT2D eigenvalue weighted by molar-refractivity contribution is 7.15. The average molecular weight is 445 g/mol. The number of rotatable bonds is 5. The van der Waals surface area contributed by atoms with Gasteiger partial charge in [-0.2, -0.15) is 4.98 Å². The van der Waals surface area contributed by atoms with E-state index in [2.05, 4.69) is 46.5 Å². The maximum atomic E-state index is 13.7. The highest BCUT2D eigenvalue weighted by Gasteiger charge is 2.54. The second-order valence-corrected chi connectivity index (χ2v) is 10.0. The van der Waals surface area contributed by atoms with Crippen LogP contribution in [0.3, 0.4) is 0 Å². The number of hydrogen-bond acceptors (Lipinski definition) is 6. The van der Waals surface area contributed by atoms with Crippen molar-refractivity contribution in [3.8, 4) is 10.4 Å². The van der Waals surface area contributed by atoms with Gasteiger partial charge in [-0.05, 0) is 49.8 Å². The summed E-state index contributed by atoms with van der Waals surface area (Å²) in [5, 5.41) is 4.25. The number of nitrogens with zero attached hydrogens (tertiary/aromatic N) is 3. The fourth-order valence-corrected chi connectivity index (χ4v) is 5.73. The molecule has 1 aliphatic heterocycles. The van der Waals surface area contributed by atoms with Gasteiger partial charge in [-0.25, -0.2) is 4.98 Å². The Morgan fingerprint density at radius 2 is 1.97 bits per heavy atom. The van der Waals surface area contributed by atoms with Gasteiger partial charge in [0.1, 0.15) is 11.2 Å². The van der Waals surface area contributed by atoms with Crippen LogP contribution in [-0.2, 0) is 0 Å². The smallest absolute Gasteiger partial charge is 0.295 e. The molecule has 7 heteroatoms. The second kappa shape index (κ2) is 7.45. The third-order valence-electron chi connectivity index (χ3n) is 6.57. The summed E-state index contributed by atoms with van der Waals surface area (Å²) in [5.74, 6) is 1.16. The molecule has 1 N–H and O–H groups in total. The minimum absolute atomic E-state index is 0.0292. The summed E-state index contributed by atoms with van der Waals surface area (Å²) in [7, 11) is 0. The summed E-state index contributed by atoms with van der Waals surface area (Å²) in [5.41, 5.74) is 4.42. The first kappa shape index (κ1) is 19.5. The van der Waals surface area contributed by atoms with Crippen molar-refractivity contribution in [2.45, 2.75) is 26.3 Å². The number of para-hydroxylation sites is 2. The molecule has 2 aliphatic rings. The number of hydrogen-bond donors (Lipinski definition) is 1. The predicted molar refractivity (Wildman–Crippen MR) is 126 cm³/mol. The molecule has 2 fully saturated rings. The summed E-state index contributed by atoms with van der Waals surface area (Å²) in [6, 6.07) is 16.7. The number of carbonyl (C=O) groups is 1. The number of aryl methyl sites for hydroxylation is 2. The van der Waals surface area contributed by atoms with Crippen LogP contribution in [0.2, 0.25) is 0 Å². The van der Waals surface area contributed by atoms with Crippen LogP contribution in [0.1, 0.15) is 27.5 Å². The molecule has 0 bridgehead atoms. The minimum Gasteiger partial charge on any atom is -0.424 e. The molecular formula is C25H24N4O2S. The lowest BCUT2D eigenvalue weighted by Crippen LogP contribution is -2.42. The van der Waals surface area contributed by atoms with E-state index in [0.29, 0.717) is 30.1 Å². The van der Waals surface area contributed by atoms with Crippen LogP contribution in [-0.4, -0.2) is 39.9 Å². The van der Waals surface area contributed by atoms with Gasteiger partial charge in [0, 0.05) is 13.1 Å². The van der Waals surface area contributed by atoms with Gasteiger partial charge in [-0.3, -0.25) is 4.79 Å². The average Bonchev–Trinajstić information content (AvgIpc) is 3.11. The first-order valence-corrected chi connectivity index (χ1v) is 11.8. The number of benzene rings is 2. The first-order chi connectivity index (χ1) is 15.6. The number of likely N-dealkylation sites (tertiary alicyclic amines) is 1. The van der Waals surface area contributed by atoms with Gasteiger partial charge in [-0.15, -0.1) is 11.3 Å². The molecule has 3 unspecified atom stereocenters. The molecule has 3 atom stereocenters. The summed E-state index contributed by atoms with van der Waals surface area (Å²) < 4.78 is 5.81. The molecule has 6 rings (SSSR count). The minimum atomic E-state index is 0.0292. The molecule has 6 nitrogen and oxygen atoms in total. The van der Waals surface area contributed by atoms with Gasteiger partial charge in [0.15, 0.2) is 5.58 Å². The number of anilines is 1. The van der Waals surface area contributed by atoms with Crippen molar-refractivity contribution in [2.75, 3.05) is 18.4 Å². The number of aromatic nitrogens is 2. The number of oxazole rings is 1. The van der Waals surface area contributed by atoms with E-state index >= 15 is 0 Å². The predicted octanol–water partition coefficient (Wildman–Crippen LogP) is 5.14. The van der Waals surface area contributed by atoms with E-state index in [1.165, 1.54) is 12.0 Å². The van der Waals surface area contributed by atoms with E-state index in [0.717, 1.165) is 33.1 Å². The Balaban J connectivity index is 1.24. The summed E-state index contributed by atoms with van der Waals surface area (Å²) >= 11 is 1.59. The number of fused-ring (bicyclic) bond motifs is 2. The molecule has 1 amide bonds. The quantitative estimate of drug-likeness (QED) is 0.461. The van der Waals surface area contributed by atoms with Gasteiger partial charge in [-0.1, -0.05) is 42.0 Å². The van der Waals surface area contributed by atoms with E-state index in [4.69, 9.17) is 4.42 Å². The fourth-order valence-electron chi connectivity index (χ4n) is 4.81. The van der Waals surface area contributed by atoms with E-state index in [1.54, 1.807) is 11.3 Å². The van der Waals surface area contributed by atoms with Crippen molar-refractivity contribution in [2.24, 2.45) is 11.8 Å². The summed E-state index contributed by atoms with van der Waals surface area (Å²) in [4.78, 5) is 25.8. The standard InChI is InChI=1S/C25H24N4O2S/c1-14-7-9-16(10-8-14)23-22(27-15(2)32-23)24(30)29-13-17-11-18(17)20(29)12-26-25-28-19-5-3-4-6-21(19)31-25/h3-10,17-18,20H,11-13H2,1-2H3,(H,26,28). The maximum Gasteiger partial charge on any atom is 0.295 e. The Hall–Kier alpha value is -3.19. The molecule has 32 heavy (non-hydrogen) atoms. The van der Waals surface area contributed by atoms with Crippen molar-refractivity contribution >= 4 is 34.4 Å². The van der Waals surface area contributed by atoms with Crippen molar-refractivity contribution in [1.82, 2.24) is 14.9 Å². The van der Waals surface area contributed by atoms with E-state index in [9.17, 15) is 4.79 Å². The summed E-state index contributed by atoms with van der Waals surface area (Å²) in [6.45, 7) is 5.46. The zero-order valence-corrected chi connectivity index (χ0v) is 18.9. The molecule has 4 aromatic rings. The molecule has 2 aromatic carbocycles. The van der Waals surface area contributed by atoms with Crippen LogP contribution in [0, 0.1) is 25.7 Å². The number of nitrogens with one attached hydrogen (secondary N) is 1. The molecular weight excluding hydrogens is 420 g/mol. The summed E-state index contributed by atoms with van der Waals surface area (Å²) in [6.07, 6.45) is 1.19. The van der Waals surface area contributed by atoms with Crippen LogP contribution in [0.15, 0.2) is 52.9 Å². The molecule has 3 heterocycles. The van der Waals surface area contributed by atoms with Crippen LogP contribution >= 0.6 is 11.3 Å². The van der Waals surface area contributed by atoms with Gasteiger partial charge in [0.2, 0.25) is 0 Å².